The zero-order chi connectivity index (χ0) is 30.5. The van der Waals surface area contributed by atoms with Crippen molar-refractivity contribution in [2.45, 2.75) is 75.9 Å². The highest BCUT2D eigenvalue weighted by Gasteiger charge is 2.45. The van der Waals surface area contributed by atoms with Crippen LogP contribution in [0.4, 0.5) is 11.4 Å². The van der Waals surface area contributed by atoms with Gasteiger partial charge in [0, 0.05) is 48.7 Å². The maximum Gasteiger partial charge on any atom is 0.262 e. The third-order valence-corrected chi connectivity index (χ3v) is 9.82. The minimum Gasteiger partial charge on any atom is -0.398 e. The van der Waals surface area contributed by atoms with Crippen molar-refractivity contribution in [3.8, 4) is 0 Å². The van der Waals surface area contributed by atoms with Crippen LogP contribution >= 0.6 is 0 Å². The molecule has 3 fully saturated rings. The highest BCUT2D eigenvalue weighted by Crippen LogP contribution is 2.44. The van der Waals surface area contributed by atoms with Gasteiger partial charge in [0.2, 0.25) is 11.8 Å². The number of benzene rings is 1. The van der Waals surface area contributed by atoms with Gasteiger partial charge in [0.1, 0.15) is 6.04 Å². The fourth-order valence-corrected chi connectivity index (χ4v) is 7.17. The number of hydrogen-bond acceptors (Lipinski definition) is 10. The Hall–Kier alpha value is -4.32. The van der Waals surface area contributed by atoms with Gasteiger partial charge in [-0.3, -0.25) is 39.4 Å². The maximum atomic E-state index is 13.1. The predicted octanol–water partition coefficient (Wildman–Crippen LogP) is 2.36. The molecule has 3 aliphatic heterocycles. The standard InChI is InChI=1S/C32H38N8O4/c33-15-23-25(34)9-11-36-29(23)24-16-39(38-28(24)18-3-4-18)20-12-17(13-20)2-1-10-35-19-5-6-21-22(14-19)32(44)40(31(21)43)26-7-8-27(41)37-30(26)42/h5-6,9,11,14,17-18,20,24,26,35H,1-4,7-8,10,12-13,15-16,33H2,(H2,34,36)(H,37,41,42). The van der Waals surface area contributed by atoms with Gasteiger partial charge < -0.3 is 16.8 Å². The number of piperidine rings is 1. The minimum absolute atomic E-state index is 0.0992. The van der Waals surface area contributed by atoms with Gasteiger partial charge in [-0.2, -0.15) is 5.10 Å². The molecule has 4 heterocycles. The van der Waals surface area contributed by atoms with E-state index in [9.17, 15) is 19.2 Å². The van der Waals surface area contributed by atoms with Crippen molar-refractivity contribution in [2.75, 3.05) is 24.1 Å². The molecular formula is C32H38N8O4. The van der Waals surface area contributed by atoms with Crippen molar-refractivity contribution in [3.05, 3.63) is 52.8 Å². The number of aromatic nitrogens is 1. The largest absolute Gasteiger partial charge is 0.398 e. The molecule has 2 aromatic rings. The Morgan fingerprint density at radius 1 is 1.02 bits per heavy atom. The van der Waals surface area contributed by atoms with E-state index in [1.165, 1.54) is 18.6 Å². The van der Waals surface area contributed by atoms with Gasteiger partial charge in [-0.15, -0.1) is 0 Å². The Morgan fingerprint density at radius 3 is 2.57 bits per heavy atom. The first-order chi connectivity index (χ1) is 21.3. The van der Waals surface area contributed by atoms with E-state index >= 15 is 0 Å². The summed E-state index contributed by atoms with van der Waals surface area (Å²) in [5.74, 6) is -0.621. The summed E-state index contributed by atoms with van der Waals surface area (Å²) in [7, 11) is 0. The number of rotatable bonds is 10. The molecule has 1 saturated heterocycles. The molecular weight excluding hydrogens is 560 g/mol. The number of nitrogens with zero attached hydrogens (tertiary/aromatic N) is 4. The quantitative estimate of drug-likeness (QED) is 0.236. The highest BCUT2D eigenvalue weighted by molar-refractivity contribution is 6.23. The molecule has 5 aliphatic rings. The van der Waals surface area contributed by atoms with E-state index in [2.05, 4.69) is 15.6 Å². The predicted molar refractivity (Wildman–Crippen MR) is 163 cm³/mol. The summed E-state index contributed by atoms with van der Waals surface area (Å²) < 4.78 is 0. The number of fused-ring (bicyclic) bond motifs is 1. The molecule has 2 unspecified atom stereocenters. The Kier molecular flexibility index (Phi) is 7.31. The van der Waals surface area contributed by atoms with Crippen molar-refractivity contribution in [1.82, 2.24) is 20.2 Å². The van der Waals surface area contributed by atoms with Gasteiger partial charge in [-0.25, -0.2) is 0 Å². The lowest BCUT2D eigenvalue weighted by Gasteiger charge is -2.40. The van der Waals surface area contributed by atoms with Crippen molar-refractivity contribution in [1.29, 1.82) is 0 Å². The van der Waals surface area contributed by atoms with Gasteiger partial charge >= 0.3 is 0 Å². The summed E-state index contributed by atoms with van der Waals surface area (Å²) in [6, 6.07) is 6.42. The van der Waals surface area contributed by atoms with E-state index < -0.39 is 23.8 Å². The number of nitrogen functional groups attached to an aromatic ring is 1. The number of nitrogens with two attached hydrogens (primary N) is 2. The number of pyridine rings is 1. The fourth-order valence-electron chi connectivity index (χ4n) is 7.17. The zero-order valence-electron chi connectivity index (χ0n) is 24.6. The minimum atomic E-state index is -0.961. The lowest BCUT2D eigenvalue weighted by atomic mass is 9.77. The number of hydrazone groups is 1. The molecule has 2 atom stereocenters. The third-order valence-electron chi connectivity index (χ3n) is 9.82. The molecule has 44 heavy (non-hydrogen) atoms. The lowest BCUT2D eigenvalue weighted by Crippen LogP contribution is -2.54. The summed E-state index contributed by atoms with van der Waals surface area (Å²) in [6.07, 6.45) is 8.72. The summed E-state index contributed by atoms with van der Waals surface area (Å²) in [5, 5.41) is 13.0. The normalized spacial score (nSPS) is 26.4. The first-order valence-corrected chi connectivity index (χ1v) is 15.7. The van der Waals surface area contributed by atoms with Gasteiger partial charge in [0.05, 0.1) is 35.0 Å². The average Bonchev–Trinajstić information content (AvgIpc) is 3.70. The van der Waals surface area contributed by atoms with Crippen LogP contribution in [0.3, 0.4) is 0 Å². The van der Waals surface area contributed by atoms with E-state index in [0.29, 0.717) is 30.1 Å². The van der Waals surface area contributed by atoms with Crippen LogP contribution in [0.2, 0.25) is 0 Å². The van der Waals surface area contributed by atoms with Crippen molar-refractivity contribution >= 4 is 40.7 Å². The van der Waals surface area contributed by atoms with Gasteiger partial charge in [-0.05, 0) is 81.0 Å². The van der Waals surface area contributed by atoms with Gasteiger partial charge in [0.25, 0.3) is 11.8 Å². The number of imide groups is 2. The number of nitrogens with one attached hydrogen (secondary N) is 2. The van der Waals surface area contributed by atoms with E-state index in [-0.39, 0.29) is 35.8 Å². The van der Waals surface area contributed by atoms with Crippen LogP contribution in [-0.2, 0) is 16.1 Å². The van der Waals surface area contributed by atoms with Crippen molar-refractivity contribution in [2.24, 2.45) is 22.7 Å². The second kappa shape index (κ2) is 11.3. The smallest absolute Gasteiger partial charge is 0.262 e. The van der Waals surface area contributed by atoms with Crippen LogP contribution in [0.5, 0.6) is 0 Å². The van der Waals surface area contributed by atoms with E-state index in [0.717, 1.165) is 60.6 Å². The third kappa shape index (κ3) is 5.10. The van der Waals surface area contributed by atoms with Gasteiger partial charge in [0.15, 0.2) is 0 Å². The molecule has 0 radical (unpaired) electrons. The average molecular weight is 599 g/mol. The number of hydrogen-bond donors (Lipinski definition) is 4. The summed E-state index contributed by atoms with van der Waals surface area (Å²) in [4.78, 5) is 55.5. The van der Waals surface area contributed by atoms with Gasteiger partial charge in [-0.1, -0.05) is 0 Å². The van der Waals surface area contributed by atoms with Crippen LogP contribution in [-0.4, -0.2) is 69.4 Å². The Morgan fingerprint density at radius 2 is 1.82 bits per heavy atom. The molecule has 0 bridgehead atoms. The van der Waals surface area contributed by atoms with Crippen LogP contribution in [0, 0.1) is 11.8 Å². The lowest BCUT2D eigenvalue weighted by molar-refractivity contribution is -0.136. The zero-order valence-corrected chi connectivity index (χ0v) is 24.6. The first-order valence-electron chi connectivity index (χ1n) is 15.7. The van der Waals surface area contributed by atoms with Crippen molar-refractivity contribution < 1.29 is 19.2 Å². The SMILES string of the molecule is NCc1c(N)ccnc1C1CN(C2CC(CCCNc3ccc4c(c3)C(=O)N(C3CCC(=O)NC3=O)C4=O)C2)N=C1C1CC1. The molecule has 1 aromatic heterocycles. The number of carbonyl (C=O) groups excluding carboxylic acids is 4. The van der Waals surface area contributed by atoms with Crippen molar-refractivity contribution in [3.63, 3.8) is 0 Å². The maximum absolute atomic E-state index is 13.1. The molecule has 2 aliphatic carbocycles. The number of amides is 4. The molecule has 12 nitrogen and oxygen atoms in total. The van der Waals surface area contributed by atoms with Crippen LogP contribution in [0.1, 0.15) is 89.3 Å². The summed E-state index contributed by atoms with van der Waals surface area (Å²) in [5.41, 5.74) is 17.5. The second-order valence-electron chi connectivity index (χ2n) is 12.7. The Balaban J connectivity index is 0.895. The first kappa shape index (κ1) is 28.5. The Bertz CT molecular complexity index is 1560. The number of anilines is 2. The molecule has 0 spiro atoms. The van der Waals surface area contributed by atoms with Crippen LogP contribution in [0.25, 0.3) is 0 Å². The topological polar surface area (TPSA) is 176 Å². The summed E-state index contributed by atoms with van der Waals surface area (Å²) >= 11 is 0. The molecule has 1 aromatic carbocycles. The monoisotopic (exact) mass is 598 g/mol. The van der Waals surface area contributed by atoms with Crippen LogP contribution in [0.15, 0.2) is 35.6 Å². The fraction of sp³-hybridized carbons (Fsp3) is 0.500. The molecule has 4 amide bonds. The van der Waals surface area contributed by atoms with E-state index in [4.69, 9.17) is 21.6 Å². The molecule has 2 saturated carbocycles. The number of carbonyl (C=O) groups is 4. The molecule has 12 heteroatoms. The molecule has 6 N–H and O–H groups in total. The van der Waals surface area contributed by atoms with E-state index in [1.54, 1.807) is 24.4 Å². The highest BCUT2D eigenvalue weighted by atomic mass is 16.2. The second-order valence-corrected chi connectivity index (χ2v) is 12.7. The Labute approximate surface area is 255 Å². The molecule has 230 valence electrons. The van der Waals surface area contributed by atoms with E-state index in [1.807, 2.05) is 6.07 Å². The van der Waals surface area contributed by atoms with Crippen LogP contribution < -0.4 is 22.1 Å². The summed E-state index contributed by atoms with van der Waals surface area (Å²) in [6.45, 7) is 1.97. The molecule has 7 rings (SSSR count).